The van der Waals surface area contributed by atoms with Crippen LogP contribution in [0.15, 0.2) is 42.7 Å². The third-order valence-electron chi connectivity index (χ3n) is 6.91. The molecular formula is C23H22ClN3O3S. The lowest BCUT2D eigenvalue weighted by molar-refractivity contribution is -0.120. The number of amides is 1. The third-order valence-corrected chi connectivity index (χ3v) is 9.39. The van der Waals surface area contributed by atoms with E-state index in [0.717, 1.165) is 53.5 Å². The Morgan fingerprint density at radius 1 is 1.16 bits per heavy atom. The molecular weight excluding hydrogens is 434 g/mol. The summed E-state index contributed by atoms with van der Waals surface area (Å²) >= 11 is 6.21. The van der Waals surface area contributed by atoms with E-state index in [1.54, 1.807) is 12.4 Å². The predicted octanol–water partition coefficient (Wildman–Crippen LogP) is 3.85. The van der Waals surface area contributed by atoms with Crippen molar-refractivity contribution in [2.24, 2.45) is 0 Å². The van der Waals surface area contributed by atoms with Gasteiger partial charge >= 0.3 is 0 Å². The molecule has 1 aliphatic heterocycles. The average molecular weight is 456 g/mol. The van der Waals surface area contributed by atoms with Crippen LogP contribution in [0.1, 0.15) is 36.9 Å². The van der Waals surface area contributed by atoms with E-state index in [-0.39, 0.29) is 22.3 Å². The number of sulfone groups is 1. The predicted molar refractivity (Wildman–Crippen MR) is 120 cm³/mol. The number of hydrogen-bond donors (Lipinski definition) is 0. The van der Waals surface area contributed by atoms with Gasteiger partial charge in [0.1, 0.15) is 0 Å². The molecule has 2 aliphatic carbocycles. The Labute approximate surface area is 185 Å². The van der Waals surface area contributed by atoms with Crippen LogP contribution in [-0.4, -0.2) is 34.9 Å². The fourth-order valence-electron chi connectivity index (χ4n) is 4.92. The highest BCUT2D eigenvalue weighted by Crippen LogP contribution is 2.57. The zero-order valence-corrected chi connectivity index (χ0v) is 18.5. The molecule has 0 bridgehead atoms. The number of rotatable bonds is 6. The van der Waals surface area contributed by atoms with Gasteiger partial charge in [-0.1, -0.05) is 11.6 Å². The van der Waals surface area contributed by atoms with E-state index in [1.807, 2.05) is 39.8 Å². The molecule has 3 aromatic rings. The highest BCUT2D eigenvalue weighted by atomic mass is 35.5. The minimum atomic E-state index is -3.09. The summed E-state index contributed by atoms with van der Waals surface area (Å²) in [4.78, 5) is 19.4. The zero-order valence-electron chi connectivity index (χ0n) is 16.9. The number of aryl methyl sites for hydroxylation is 1. The van der Waals surface area contributed by atoms with Gasteiger partial charge in [0, 0.05) is 34.4 Å². The lowest BCUT2D eigenvalue weighted by atomic mass is 9.99. The van der Waals surface area contributed by atoms with Crippen molar-refractivity contribution in [3.63, 3.8) is 0 Å². The van der Waals surface area contributed by atoms with Gasteiger partial charge in [0.15, 0.2) is 9.84 Å². The summed E-state index contributed by atoms with van der Waals surface area (Å²) in [6.45, 7) is 0.751. The van der Waals surface area contributed by atoms with Crippen LogP contribution < -0.4 is 4.90 Å². The Kier molecular flexibility index (Phi) is 4.09. The van der Waals surface area contributed by atoms with E-state index in [2.05, 4.69) is 4.98 Å². The molecule has 0 unspecified atom stereocenters. The van der Waals surface area contributed by atoms with Gasteiger partial charge in [0.05, 0.1) is 34.8 Å². The molecule has 0 saturated heterocycles. The molecule has 1 spiro atoms. The maximum atomic E-state index is 13.3. The minimum absolute atomic E-state index is 0.104. The fourth-order valence-corrected chi connectivity index (χ4v) is 6.73. The summed E-state index contributed by atoms with van der Waals surface area (Å²) in [5.74, 6) is 0.226. The molecule has 1 amide bonds. The Morgan fingerprint density at radius 3 is 2.71 bits per heavy atom. The molecule has 2 saturated carbocycles. The molecule has 2 aromatic heterocycles. The summed E-state index contributed by atoms with van der Waals surface area (Å²) in [6, 6.07) is 9.60. The van der Waals surface area contributed by atoms with E-state index in [0.29, 0.717) is 18.1 Å². The van der Waals surface area contributed by atoms with E-state index in [1.165, 1.54) is 0 Å². The van der Waals surface area contributed by atoms with Crippen molar-refractivity contribution >= 4 is 43.9 Å². The van der Waals surface area contributed by atoms with Crippen LogP contribution in [-0.2, 0) is 33.1 Å². The lowest BCUT2D eigenvalue weighted by Gasteiger charge is -2.20. The summed E-state index contributed by atoms with van der Waals surface area (Å²) in [5.41, 5.74) is 3.39. The Bertz CT molecular complexity index is 1340. The van der Waals surface area contributed by atoms with Gasteiger partial charge in [-0.2, -0.15) is 0 Å². The molecule has 3 heterocycles. The summed E-state index contributed by atoms with van der Waals surface area (Å²) in [6.07, 6.45) is 6.80. The first-order chi connectivity index (χ1) is 14.9. The molecule has 160 valence electrons. The standard InChI is InChI=1S/C23H22ClN3O3S/c24-16-1-4-20-15(11-16)12-17(26(20)9-10-31(29,30)18-2-3-18)14-27-21-13-25-8-5-19(21)23(6-7-23)22(27)28/h1,4-5,8,11-13,18H,2-3,6-7,9-10,14H2. The molecule has 1 aromatic carbocycles. The van der Waals surface area contributed by atoms with Crippen molar-refractivity contribution in [2.45, 2.75) is 49.4 Å². The highest BCUT2D eigenvalue weighted by Gasteiger charge is 2.59. The number of carbonyl (C=O) groups is 1. The van der Waals surface area contributed by atoms with Gasteiger partial charge in [0.2, 0.25) is 5.91 Å². The topological polar surface area (TPSA) is 72.3 Å². The fraction of sp³-hybridized carbons (Fsp3) is 0.391. The van der Waals surface area contributed by atoms with E-state index < -0.39 is 9.84 Å². The van der Waals surface area contributed by atoms with Crippen molar-refractivity contribution in [2.75, 3.05) is 10.7 Å². The molecule has 6 nitrogen and oxygen atoms in total. The number of fused-ring (bicyclic) bond motifs is 3. The number of halogens is 1. The van der Waals surface area contributed by atoms with Gasteiger partial charge in [-0.05, 0) is 61.6 Å². The van der Waals surface area contributed by atoms with Crippen molar-refractivity contribution in [1.82, 2.24) is 9.55 Å². The van der Waals surface area contributed by atoms with E-state index >= 15 is 0 Å². The van der Waals surface area contributed by atoms with Crippen molar-refractivity contribution in [3.8, 4) is 0 Å². The van der Waals surface area contributed by atoms with Gasteiger partial charge in [-0.25, -0.2) is 8.42 Å². The Morgan fingerprint density at radius 2 is 1.97 bits per heavy atom. The zero-order chi connectivity index (χ0) is 21.4. The first-order valence-electron chi connectivity index (χ1n) is 10.6. The van der Waals surface area contributed by atoms with Crippen LogP contribution >= 0.6 is 11.6 Å². The van der Waals surface area contributed by atoms with Crippen molar-refractivity contribution < 1.29 is 13.2 Å². The first kappa shape index (κ1) is 19.3. The number of aromatic nitrogens is 2. The molecule has 2 fully saturated rings. The quantitative estimate of drug-likeness (QED) is 0.566. The average Bonchev–Trinajstić information content (AvgIpc) is 3.65. The summed E-state index contributed by atoms with van der Waals surface area (Å²) in [7, 11) is -3.09. The van der Waals surface area contributed by atoms with E-state index in [9.17, 15) is 13.2 Å². The molecule has 0 N–H and O–H groups in total. The summed E-state index contributed by atoms with van der Waals surface area (Å²) < 4.78 is 27.1. The number of pyridine rings is 1. The van der Waals surface area contributed by atoms with Crippen molar-refractivity contribution in [3.05, 3.63) is 59.0 Å². The van der Waals surface area contributed by atoms with Gasteiger partial charge in [-0.15, -0.1) is 0 Å². The second-order valence-electron chi connectivity index (χ2n) is 8.92. The SMILES string of the molecule is O=C1N(Cc2cc3cc(Cl)ccc3n2CCS(=O)(=O)C2CC2)c2cnccc2C12CC2. The van der Waals surface area contributed by atoms with Gasteiger partial charge in [0.25, 0.3) is 0 Å². The molecule has 0 radical (unpaired) electrons. The molecule has 31 heavy (non-hydrogen) atoms. The number of anilines is 1. The van der Waals surface area contributed by atoms with Gasteiger partial charge in [-0.3, -0.25) is 9.78 Å². The molecule has 8 heteroatoms. The monoisotopic (exact) mass is 455 g/mol. The largest absolute Gasteiger partial charge is 0.342 e. The van der Waals surface area contributed by atoms with Crippen molar-refractivity contribution in [1.29, 1.82) is 0 Å². The number of hydrogen-bond acceptors (Lipinski definition) is 4. The Hall–Kier alpha value is -2.38. The van der Waals surface area contributed by atoms with Crippen LogP contribution in [0.5, 0.6) is 0 Å². The maximum Gasteiger partial charge on any atom is 0.238 e. The molecule has 3 aliphatic rings. The number of carbonyl (C=O) groups excluding carboxylic acids is 1. The van der Waals surface area contributed by atoms with Gasteiger partial charge < -0.3 is 9.47 Å². The van der Waals surface area contributed by atoms with Crippen LogP contribution in [0.2, 0.25) is 5.02 Å². The Balaban J connectivity index is 1.39. The maximum absolute atomic E-state index is 13.3. The highest BCUT2D eigenvalue weighted by molar-refractivity contribution is 7.92. The smallest absolute Gasteiger partial charge is 0.238 e. The minimum Gasteiger partial charge on any atom is -0.342 e. The molecule has 0 atom stereocenters. The normalized spacial score (nSPS) is 19.4. The second kappa shape index (κ2) is 6.56. The lowest BCUT2D eigenvalue weighted by Crippen LogP contribution is -2.32. The first-order valence-corrected chi connectivity index (χ1v) is 12.7. The third kappa shape index (κ3) is 3.01. The van der Waals surface area contributed by atoms with Crippen LogP contribution in [0, 0.1) is 0 Å². The van der Waals surface area contributed by atoms with Crippen LogP contribution in [0.3, 0.4) is 0 Å². The summed E-state index contributed by atoms with van der Waals surface area (Å²) in [5, 5.41) is 1.40. The van der Waals surface area contributed by atoms with Crippen LogP contribution in [0.4, 0.5) is 5.69 Å². The number of nitrogens with zero attached hydrogens (tertiary/aromatic N) is 3. The van der Waals surface area contributed by atoms with Crippen LogP contribution in [0.25, 0.3) is 10.9 Å². The second-order valence-corrected chi connectivity index (χ2v) is 11.8. The molecule has 6 rings (SSSR count). The number of benzene rings is 1. The van der Waals surface area contributed by atoms with E-state index in [4.69, 9.17) is 11.6 Å².